The van der Waals surface area contributed by atoms with E-state index in [1.165, 1.54) is 130 Å². The van der Waals surface area contributed by atoms with Crippen molar-refractivity contribution < 1.29 is 0 Å². The van der Waals surface area contributed by atoms with E-state index in [2.05, 4.69) is 206 Å². The molecule has 0 radical (unpaired) electrons. The molecule has 0 saturated heterocycles. The van der Waals surface area contributed by atoms with Gasteiger partial charge in [-0.05, 0) is 146 Å². The van der Waals surface area contributed by atoms with Crippen molar-refractivity contribution in [3.05, 3.63) is 229 Å². The first-order valence-corrected chi connectivity index (χ1v) is 21.7. The van der Waals surface area contributed by atoms with E-state index >= 15 is 0 Å². The molecule has 0 fully saturated rings. The van der Waals surface area contributed by atoms with E-state index < -0.39 is 5.41 Å². The van der Waals surface area contributed by atoms with Crippen molar-refractivity contribution in [1.29, 1.82) is 0 Å². The van der Waals surface area contributed by atoms with Gasteiger partial charge in [-0.25, -0.2) is 0 Å². The highest BCUT2D eigenvalue weighted by Crippen LogP contribution is 2.64. The van der Waals surface area contributed by atoms with E-state index in [9.17, 15) is 0 Å². The van der Waals surface area contributed by atoms with Crippen molar-refractivity contribution in [3.63, 3.8) is 0 Å². The maximum Gasteiger partial charge on any atom is 0.0731 e. The van der Waals surface area contributed by atoms with Crippen molar-refractivity contribution in [2.45, 2.75) is 5.41 Å². The molecular formula is C59H34S. The fraction of sp³-hybridized carbons (Fsp3) is 0.0169. The molecule has 0 atom stereocenters. The second kappa shape index (κ2) is 11.9. The summed E-state index contributed by atoms with van der Waals surface area (Å²) in [5.74, 6) is 0. The molecule has 14 rings (SSSR count). The van der Waals surface area contributed by atoms with Gasteiger partial charge in [-0.15, -0.1) is 11.3 Å². The van der Waals surface area contributed by atoms with Gasteiger partial charge in [-0.2, -0.15) is 0 Å². The third-order valence-electron chi connectivity index (χ3n) is 13.8. The molecule has 0 unspecified atom stereocenters. The molecule has 0 N–H and O–H groups in total. The molecule has 0 saturated carbocycles. The monoisotopic (exact) mass is 774 g/mol. The number of hydrogen-bond acceptors (Lipinski definition) is 1. The minimum absolute atomic E-state index is 0.432. The number of fused-ring (bicyclic) bond motifs is 18. The summed E-state index contributed by atoms with van der Waals surface area (Å²) in [6, 6.07) is 78.1. The summed E-state index contributed by atoms with van der Waals surface area (Å²) in [4.78, 5) is 0. The predicted octanol–water partition coefficient (Wildman–Crippen LogP) is 16.3. The van der Waals surface area contributed by atoms with E-state index in [0.29, 0.717) is 0 Å². The van der Waals surface area contributed by atoms with Gasteiger partial charge in [0.25, 0.3) is 0 Å². The van der Waals surface area contributed by atoms with Crippen LogP contribution in [0.3, 0.4) is 0 Å². The fourth-order valence-electron chi connectivity index (χ4n) is 11.4. The fourth-order valence-corrected chi connectivity index (χ4v) is 12.5. The lowest BCUT2D eigenvalue weighted by Gasteiger charge is -2.31. The van der Waals surface area contributed by atoms with Gasteiger partial charge in [0, 0.05) is 20.2 Å². The third-order valence-corrected chi connectivity index (χ3v) is 15.0. The molecule has 2 aliphatic carbocycles. The average molecular weight is 775 g/mol. The van der Waals surface area contributed by atoms with Crippen LogP contribution >= 0.6 is 11.3 Å². The summed E-state index contributed by atoms with van der Waals surface area (Å²) in [5.41, 5.74) is 15.5. The lowest BCUT2D eigenvalue weighted by Crippen LogP contribution is -2.26. The number of thiophene rings is 1. The molecule has 0 amide bonds. The first-order valence-electron chi connectivity index (χ1n) is 20.9. The molecular weight excluding hydrogens is 741 g/mol. The van der Waals surface area contributed by atoms with Gasteiger partial charge < -0.3 is 0 Å². The average Bonchev–Trinajstić information content (AvgIpc) is 3.93. The lowest BCUT2D eigenvalue weighted by molar-refractivity contribution is 0.802. The minimum Gasteiger partial charge on any atom is -0.135 e. The summed E-state index contributed by atoms with van der Waals surface area (Å²) in [6.07, 6.45) is 0. The van der Waals surface area contributed by atoms with Crippen LogP contribution in [0.25, 0.3) is 108 Å². The smallest absolute Gasteiger partial charge is 0.0731 e. The molecule has 0 bridgehead atoms. The zero-order chi connectivity index (χ0) is 39.1. The molecule has 276 valence electrons. The second-order valence-corrected chi connectivity index (χ2v) is 17.7. The lowest BCUT2D eigenvalue weighted by atomic mass is 9.69. The molecule has 0 aliphatic heterocycles. The Morgan fingerprint density at radius 1 is 0.283 bits per heavy atom. The molecule has 1 spiro atoms. The maximum atomic E-state index is 2.49. The molecule has 1 aromatic heterocycles. The van der Waals surface area contributed by atoms with Crippen molar-refractivity contribution in [3.8, 4) is 44.5 Å². The van der Waals surface area contributed by atoms with E-state index in [0.717, 1.165) is 0 Å². The molecule has 12 aromatic rings. The van der Waals surface area contributed by atoms with E-state index in [-0.39, 0.29) is 0 Å². The van der Waals surface area contributed by atoms with Gasteiger partial charge in [-0.1, -0.05) is 170 Å². The molecule has 0 nitrogen and oxygen atoms in total. The summed E-state index contributed by atoms with van der Waals surface area (Å²) in [7, 11) is 0. The maximum absolute atomic E-state index is 2.49. The van der Waals surface area contributed by atoms with Crippen molar-refractivity contribution in [2.24, 2.45) is 0 Å². The quantitative estimate of drug-likeness (QED) is 0.153. The first-order chi connectivity index (χ1) is 29.8. The summed E-state index contributed by atoms with van der Waals surface area (Å²) < 4.78 is 2.66. The van der Waals surface area contributed by atoms with Crippen molar-refractivity contribution in [2.75, 3.05) is 0 Å². The van der Waals surface area contributed by atoms with Crippen LogP contribution in [0.5, 0.6) is 0 Å². The topological polar surface area (TPSA) is 0 Å². The SMILES string of the molecule is c1ccc2c(c1)-c1ccccc1C21c2cc3ccccc3cc2-c2ccc3cc(-c4c5ccccc5c(-c5ccc6sc7ccccc7c6c5)c5ccccc45)ccc3c21. The normalized spacial score (nSPS) is 13.5. The molecule has 60 heavy (non-hydrogen) atoms. The Bertz CT molecular complexity index is 3740. The largest absolute Gasteiger partial charge is 0.135 e. The van der Waals surface area contributed by atoms with Crippen LogP contribution in [-0.2, 0) is 5.41 Å². The second-order valence-electron chi connectivity index (χ2n) is 16.7. The van der Waals surface area contributed by atoms with Crippen LogP contribution in [-0.4, -0.2) is 0 Å². The Labute approximate surface area is 351 Å². The first kappa shape index (κ1) is 32.6. The Balaban J connectivity index is 1.04. The molecule has 2 aliphatic rings. The number of hydrogen-bond donors (Lipinski definition) is 0. The van der Waals surface area contributed by atoms with Crippen LogP contribution in [0.4, 0.5) is 0 Å². The number of rotatable bonds is 2. The summed E-state index contributed by atoms with van der Waals surface area (Å²) in [6.45, 7) is 0. The van der Waals surface area contributed by atoms with E-state index in [1.54, 1.807) is 0 Å². The van der Waals surface area contributed by atoms with Gasteiger partial charge in [0.2, 0.25) is 0 Å². The Kier molecular flexibility index (Phi) is 6.46. The number of benzene rings is 11. The standard InChI is InChI=1S/C59H34S/c1-2-14-36-34-53-49(32-35(36)13-1)48-29-25-37-31-38(26-28-40(37)58(48)59(53)51-22-10-7-15-41(51)42-16-8-11-23-52(42)59)56-44-18-3-5-20-46(44)57(47-21-6-4-19-45(47)56)39-27-30-55-50(33-39)43-17-9-12-24-54(43)60-55/h1-34H. The van der Waals surface area contributed by atoms with Crippen molar-refractivity contribution >= 4 is 74.6 Å². The highest BCUT2D eigenvalue weighted by Gasteiger charge is 2.52. The van der Waals surface area contributed by atoms with Gasteiger partial charge >= 0.3 is 0 Å². The van der Waals surface area contributed by atoms with Crippen LogP contribution in [0, 0.1) is 0 Å². The highest BCUT2D eigenvalue weighted by molar-refractivity contribution is 7.25. The van der Waals surface area contributed by atoms with Crippen LogP contribution in [0.15, 0.2) is 206 Å². The van der Waals surface area contributed by atoms with Crippen LogP contribution in [0.2, 0.25) is 0 Å². The van der Waals surface area contributed by atoms with E-state index in [1.807, 2.05) is 11.3 Å². The van der Waals surface area contributed by atoms with Crippen molar-refractivity contribution in [1.82, 2.24) is 0 Å². The van der Waals surface area contributed by atoms with Gasteiger partial charge in [-0.3, -0.25) is 0 Å². The predicted molar refractivity (Wildman–Crippen MR) is 257 cm³/mol. The summed E-state index contributed by atoms with van der Waals surface area (Å²) in [5, 5.41) is 12.9. The highest BCUT2D eigenvalue weighted by atomic mass is 32.1. The molecule has 11 aromatic carbocycles. The van der Waals surface area contributed by atoms with Gasteiger partial charge in [0.1, 0.15) is 0 Å². The zero-order valence-corrected chi connectivity index (χ0v) is 33.4. The summed E-state index contributed by atoms with van der Waals surface area (Å²) >= 11 is 1.88. The van der Waals surface area contributed by atoms with Crippen LogP contribution in [0.1, 0.15) is 22.3 Å². The zero-order valence-electron chi connectivity index (χ0n) is 32.5. The minimum atomic E-state index is -0.432. The van der Waals surface area contributed by atoms with Gasteiger partial charge in [0.15, 0.2) is 0 Å². The van der Waals surface area contributed by atoms with E-state index in [4.69, 9.17) is 0 Å². The Hall–Kier alpha value is -7.32. The molecule has 1 heteroatoms. The molecule has 1 heterocycles. The Morgan fingerprint density at radius 3 is 1.50 bits per heavy atom. The Morgan fingerprint density at radius 2 is 0.817 bits per heavy atom. The third kappa shape index (κ3) is 4.15. The van der Waals surface area contributed by atoms with Gasteiger partial charge in [0.05, 0.1) is 5.41 Å². The van der Waals surface area contributed by atoms with Crippen LogP contribution < -0.4 is 0 Å².